The third-order valence-corrected chi connectivity index (χ3v) is 12.7. The van der Waals surface area contributed by atoms with E-state index in [2.05, 4.69) is 128 Å². The van der Waals surface area contributed by atoms with Crippen molar-refractivity contribution in [3.05, 3.63) is 117 Å². The Morgan fingerprint density at radius 2 is 0.809 bits per heavy atom. The Morgan fingerprint density at radius 3 is 1.17 bits per heavy atom. The van der Waals surface area contributed by atoms with Crippen molar-refractivity contribution in [1.29, 1.82) is 0 Å². The molecule has 0 radical (unpaired) electrons. The lowest BCUT2D eigenvalue weighted by atomic mass is 9.67. The molecule has 0 bridgehead atoms. The van der Waals surface area contributed by atoms with Crippen molar-refractivity contribution in [3.8, 4) is 22.3 Å². The molecule has 0 fully saturated rings. The first-order valence-electron chi connectivity index (χ1n) is 19.2. The molecule has 1 spiro atoms. The van der Waals surface area contributed by atoms with Gasteiger partial charge in [-0.3, -0.25) is 0 Å². The van der Waals surface area contributed by atoms with Gasteiger partial charge in [-0.15, -0.1) is 0 Å². The van der Waals surface area contributed by atoms with Crippen LogP contribution in [0.5, 0.6) is 0 Å². The van der Waals surface area contributed by atoms with Crippen molar-refractivity contribution in [2.24, 2.45) is 0 Å². The van der Waals surface area contributed by atoms with E-state index in [4.69, 9.17) is 0 Å². The Balaban J connectivity index is 1.60. The van der Waals surface area contributed by atoms with Gasteiger partial charge in [0.25, 0.3) is 0 Å². The van der Waals surface area contributed by atoms with Gasteiger partial charge in [0, 0.05) is 0 Å². The van der Waals surface area contributed by atoms with Crippen molar-refractivity contribution < 1.29 is 0 Å². The number of unbranched alkanes of at least 4 members (excludes halogenated alkanes) is 6. The standard InChI is InChI=1S/C47H60/c1-9-13-15-17-27-45(7,11-3)35-21-25-39-40-26-22-36(46(8,12-4)28-18-16-14-10-2)32-44(40)47(43(39)31-35)41-29-33(5)19-23-37(41)38-24-20-34(6)30-42(38)47/h19-26,29-32H,9-18,27-28H2,1-8H3. The minimum absolute atomic E-state index is 0.173. The predicted molar refractivity (Wildman–Crippen MR) is 205 cm³/mol. The number of hydrogen-bond acceptors (Lipinski definition) is 0. The fourth-order valence-electron chi connectivity index (χ4n) is 9.14. The second kappa shape index (κ2) is 13.4. The molecule has 4 aromatic carbocycles. The van der Waals surface area contributed by atoms with Gasteiger partial charge in [0.1, 0.15) is 0 Å². The molecule has 0 nitrogen and oxygen atoms in total. The molecule has 2 aliphatic rings. The summed E-state index contributed by atoms with van der Waals surface area (Å²) < 4.78 is 0. The molecular formula is C47H60. The molecule has 0 aliphatic heterocycles. The highest BCUT2D eigenvalue weighted by Crippen LogP contribution is 2.64. The fourth-order valence-corrected chi connectivity index (χ4v) is 9.14. The molecule has 2 unspecified atom stereocenters. The quantitative estimate of drug-likeness (QED) is 0.106. The van der Waals surface area contributed by atoms with Crippen LogP contribution >= 0.6 is 0 Å². The number of benzene rings is 4. The zero-order valence-corrected chi connectivity index (χ0v) is 30.9. The van der Waals surface area contributed by atoms with E-state index in [1.807, 2.05) is 0 Å². The molecule has 47 heavy (non-hydrogen) atoms. The summed E-state index contributed by atoms with van der Waals surface area (Å²) in [6.07, 6.45) is 15.4. The average Bonchev–Trinajstić information content (AvgIpc) is 3.53. The lowest BCUT2D eigenvalue weighted by Gasteiger charge is -2.35. The average molecular weight is 625 g/mol. The molecule has 0 N–H and O–H groups in total. The van der Waals surface area contributed by atoms with Crippen LogP contribution in [0.2, 0.25) is 0 Å². The molecule has 0 aromatic heterocycles. The van der Waals surface area contributed by atoms with Crippen LogP contribution in [-0.4, -0.2) is 0 Å². The summed E-state index contributed by atoms with van der Waals surface area (Å²) in [6, 6.07) is 29.8. The Bertz CT molecular complexity index is 1610. The number of hydrogen-bond donors (Lipinski definition) is 0. The number of rotatable bonds is 14. The molecule has 0 saturated carbocycles. The zero-order chi connectivity index (χ0) is 33.4. The van der Waals surface area contributed by atoms with Crippen LogP contribution in [0.15, 0.2) is 72.8 Å². The SMILES string of the molecule is CCCCCCC(C)(CC)c1ccc2c(c1)C1(c3cc(C)ccc3-c3ccc(C)cc31)c1cc(C(C)(CC)CCCCCC)ccc1-2. The lowest BCUT2D eigenvalue weighted by Crippen LogP contribution is -2.29. The second-order valence-electron chi connectivity index (χ2n) is 15.8. The van der Waals surface area contributed by atoms with E-state index >= 15 is 0 Å². The van der Waals surface area contributed by atoms with E-state index in [-0.39, 0.29) is 16.2 Å². The van der Waals surface area contributed by atoms with Gasteiger partial charge < -0.3 is 0 Å². The lowest BCUT2D eigenvalue weighted by molar-refractivity contribution is 0.395. The zero-order valence-electron chi connectivity index (χ0n) is 30.9. The molecule has 248 valence electrons. The minimum atomic E-state index is -0.298. The van der Waals surface area contributed by atoms with E-state index in [1.54, 1.807) is 0 Å². The van der Waals surface area contributed by atoms with Crippen molar-refractivity contribution >= 4 is 0 Å². The first-order valence-corrected chi connectivity index (χ1v) is 19.2. The van der Waals surface area contributed by atoms with Crippen molar-refractivity contribution in [3.63, 3.8) is 0 Å². The Kier molecular flexibility index (Phi) is 9.64. The van der Waals surface area contributed by atoms with Crippen LogP contribution in [-0.2, 0) is 16.2 Å². The van der Waals surface area contributed by atoms with Crippen LogP contribution in [0, 0.1) is 13.8 Å². The monoisotopic (exact) mass is 624 g/mol. The van der Waals surface area contributed by atoms with Crippen molar-refractivity contribution in [1.82, 2.24) is 0 Å². The van der Waals surface area contributed by atoms with Crippen molar-refractivity contribution in [2.45, 2.75) is 149 Å². The summed E-state index contributed by atoms with van der Waals surface area (Å²) in [4.78, 5) is 0. The normalized spacial score (nSPS) is 16.3. The molecule has 2 atom stereocenters. The summed E-state index contributed by atoms with van der Waals surface area (Å²) in [5, 5.41) is 0. The van der Waals surface area contributed by atoms with Crippen molar-refractivity contribution in [2.75, 3.05) is 0 Å². The maximum Gasteiger partial charge on any atom is 0.0725 e. The van der Waals surface area contributed by atoms with E-state index < -0.39 is 0 Å². The molecule has 0 heterocycles. The maximum absolute atomic E-state index is 2.67. The van der Waals surface area contributed by atoms with Crippen LogP contribution in [0.1, 0.15) is 163 Å². The Hall–Kier alpha value is -3.12. The predicted octanol–water partition coefficient (Wildman–Crippen LogP) is 13.9. The summed E-state index contributed by atoms with van der Waals surface area (Å²) in [5.74, 6) is 0. The van der Waals surface area contributed by atoms with Crippen LogP contribution in [0.4, 0.5) is 0 Å². The van der Waals surface area contributed by atoms with Gasteiger partial charge in [0.05, 0.1) is 5.41 Å². The summed E-state index contributed by atoms with van der Waals surface area (Å²) in [6.45, 7) is 19.1. The highest BCUT2D eigenvalue weighted by atomic mass is 14.5. The number of aryl methyl sites for hydroxylation is 2. The molecule has 0 saturated heterocycles. The van der Waals surface area contributed by atoms with E-state index in [0.717, 1.165) is 0 Å². The number of fused-ring (bicyclic) bond motifs is 10. The molecule has 0 amide bonds. The first-order chi connectivity index (χ1) is 22.7. The van der Waals surface area contributed by atoms with E-state index in [9.17, 15) is 0 Å². The molecule has 6 rings (SSSR count). The maximum atomic E-state index is 2.67. The van der Waals surface area contributed by atoms with Gasteiger partial charge in [0.15, 0.2) is 0 Å². The van der Waals surface area contributed by atoms with Gasteiger partial charge in [-0.05, 0) is 106 Å². The van der Waals surface area contributed by atoms with Crippen LogP contribution in [0.3, 0.4) is 0 Å². The minimum Gasteiger partial charge on any atom is -0.0654 e. The van der Waals surface area contributed by atoms with Gasteiger partial charge in [0.2, 0.25) is 0 Å². The third-order valence-electron chi connectivity index (χ3n) is 12.7. The van der Waals surface area contributed by atoms with Gasteiger partial charge in [-0.25, -0.2) is 0 Å². The van der Waals surface area contributed by atoms with Gasteiger partial charge in [-0.1, -0.05) is 177 Å². The van der Waals surface area contributed by atoms with Gasteiger partial charge >= 0.3 is 0 Å². The first kappa shape index (κ1) is 33.8. The third kappa shape index (κ3) is 5.62. The molecule has 0 heteroatoms. The van der Waals surface area contributed by atoms with Gasteiger partial charge in [-0.2, -0.15) is 0 Å². The summed E-state index contributed by atoms with van der Waals surface area (Å²) in [5.41, 5.74) is 17.4. The highest BCUT2D eigenvalue weighted by Gasteiger charge is 2.52. The van der Waals surface area contributed by atoms with Crippen LogP contribution < -0.4 is 0 Å². The molecule has 2 aliphatic carbocycles. The van der Waals surface area contributed by atoms with E-state index in [0.29, 0.717) is 0 Å². The van der Waals surface area contributed by atoms with Crippen LogP contribution in [0.25, 0.3) is 22.3 Å². The highest BCUT2D eigenvalue weighted by molar-refractivity contribution is 5.95. The fraction of sp³-hybridized carbons (Fsp3) is 0.489. The smallest absolute Gasteiger partial charge is 0.0654 e. The summed E-state index contributed by atoms with van der Waals surface area (Å²) in [7, 11) is 0. The second-order valence-corrected chi connectivity index (χ2v) is 15.8. The Labute approximate surface area is 287 Å². The topological polar surface area (TPSA) is 0 Å². The molecular weight excluding hydrogens is 565 g/mol. The summed E-state index contributed by atoms with van der Waals surface area (Å²) >= 11 is 0. The Morgan fingerprint density at radius 1 is 0.447 bits per heavy atom. The van der Waals surface area contributed by atoms with E-state index in [1.165, 1.54) is 144 Å². The molecule has 4 aromatic rings. The largest absolute Gasteiger partial charge is 0.0725 e.